The van der Waals surface area contributed by atoms with Crippen LogP contribution < -0.4 is 5.32 Å². The summed E-state index contributed by atoms with van der Waals surface area (Å²) in [6, 6.07) is 5.97. The van der Waals surface area contributed by atoms with Crippen molar-refractivity contribution in [3.8, 4) is 0 Å². The number of ketones is 1. The van der Waals surface area contributed by atoms with Crippen molar-refractivity contribution in [2.45, 2.75) is 64.3 Å². The van der Waals surface area contributed by atoms with Crippen molar-refractivity contribution in [2.75, 3.05) is 0 Å². The molecule has 1 N–H and O–H groups in total. The van der Waals surface area contributed by atoms with Crippen LogP contribution >= 0.6 is 11.6 Å². The molecule has 1 saturated carbocycles. The van der Waals surface area contributed by atoms with Crippen molar-refractivity contribution in [3.63, 3.8) is 0 Å². The van der Waals surface area contributed by atoms with Gasteiger partial charge in [0.15, 0.2) is 5.78 Å². The molecule has 1 aromatic carbocycles. The fraction of sp³-hybridized carbons (Fsp3) is 0.550. The molecule has 1 aromatic rings. The van der Waals surface area contributed by atoms with Crippen LogP contribution in [0.5, 0.6) is 0 Å². The van der Waals surface area contributed by atoms with Gasteiger partial charge in [-0.05, 0) is 50.8 Å². The first-order valence-corrected chi connectivity index (χ1v) is 9.15. The molecule has 2 aliphatic rings. The summed E-state index contributed by atoms with van der Waals surface area (Å²) < 4.78 is 0. The highest BCUT2D eigenvalue weighted by Gasteiger charge is 2.29. The molecule has 0 atom stereocenters. The van der Waals surface area contributed by atoms with Gasteiger partial charge < -0.3 is 5.32 Å². The van der Waals surface area contributed by atoms with Gasteiger partial charge in [0, 0.05) is 33.8 Å². The normalized spacial score (nSPS) is 23.0. The van der Waals surface area contributed by atoms with Crippen LogP contribution in [-0.2, 0) is 11.2 Å². The summed E-state index contributed by atoms with van der Waals surface area (Å²) in [7, 11) is 0. The molecule has 1 heterocycles. The van der Waals surface area contributed by atoms with Crippen molar-refractivity contribution in [2.24, 2.45) is 5.92 Å². The van der Waals surface area contributed by atoms with Crippen molar-refractivity contribution < 1.29 is 4.79 Å². The highest BCUT2D eigenvalue weighted by atomic mass is 35.5. The molecule has 0 radical (unpaired) electrons. The van der Waals surface area contributed by atoms with E-state index in [0.717, 1.165) is 35.5 Å². The number of nitrogens with one attached hydrogen (secondary N) is 1. The van der Waals surface area contributed by atoms with Gasteiger partial charge in [0.2, 0.25) is 0 Å². The monoisotopic (exact) mass is 331 g/mol. The van der Waals surface area contributed by atoms with Gasteiger partial charge in [-0.25, -0.2) is 0 Å². The molecule has 2 nitrogen and oxygen atoms in total. The summed E-state index contributed by atoms with van der Waals surface area (Å²) in [6.45, 7) is 4.33. The Kier molecular flexibility index (Phi) is 4.82. The molecule has 0 aromatic heterocycles. The van der Waals surface area contributed by atoms with E-state index in [9.17, 15) is 4.79 Å². The molecule has 0 bridgehead atoms. The zero-order chi connectivity index (χ0) is 16.4. The first-order chi connectivity index (χ1) is 10.9. The lowest BCUT2D eigenvalue weighted by Gasteiger charge is -2.35. The number of halogens is 1. The van der Waals surface area contributed by atoms with E-state index in [0.29, 0.717) is 0 Å². The van der Waals surface area contributed by atoms with E-state index in [-0.39, 0.29) is 17.2 Å². The number of hydrogen-bond donors (Lipinski definition) is 1. The first-order valence-electron chi connectivity index (χ1n) is 8.77. The molecule has 3 heteroatoms. The number of carbonyl (C=O) groups excluding carboxylic acids is 1. The van der Waals surface area contributed by atoms with Gasteiger partial charge in [-0.3, -0.25) is 4.79 Å². The Morgan fingerprint density at radius 3 is 2.61 bits per heavy atom. The van der Waals surface area contributed by atoms with Crippen LogP contribution in [0.1, 0.15) is 63.5 Å². The number of carbonyl (C=O) groups is 1. The Hall–Kier alpha value is -1.28. The predicted molar refractivity (Wildman–Crippen MR) is 96.5 cm³/mol. The van der Waals surface area contributed by atoms with E-state index in [2.05, 4.69) is 19.2 Å². The molecule has 124 valence electrons. The molecular weight excluding hydrogens is 306 g/mol. The van der Waals surface area contributed by atoms with Gasteiger partial charge in [-0.15, -0.1) is 0 Å². The zero-order valence-corrected chi connectivity index (χ0v) is 14.9. The summed E-state index contributed by atoms with van der Waals surface area (Å²) in [5, 5.41) is 4.31. The number of allylic oxidation sites excluding steroid dienone is 1. The summed E-state index contributed by atoms with van der Waals surface area (Å²) in [6.07, 6.45) is 9.76. The minimum absolute atomic E-state index is 0.0623. The maximum atomic E-state index is 12.8. The molecule has 0 spiro atoms. The first kappa shape index (κ1) is 16.6. The average molecular weight is 332 g/mol. The highest BCUT2D eigenvalue weighted by molar-refractivity contribution is 6.30. The SMILES string of the molecule is CC1(C)Cc2cc(Cl)ccc2/C(=C/C(=O)C2CCCCCC2)N1. The second kappa shape index (κ2) is 6.68. The van der Waals surface area contributed by atoms with Crippen molar-refractivity contribution in [1.82, 2.24) is 5.32 Å². The van der Waals surface area contributed by atoms with Crippen LogP contribution in [0.3, 0.4) is 0 Å². The third kappa shape index (κ3) is 3.98. The minimum Gasteiger partial charge on any atom is -0.379 e. The summed E-state index contributed by atoms with van der Waals surface area (Å²) >= 11 is 6.16. The average Bonchev–Trinajstić information content (AvgIpc) is 2.74. The standard InChI is InChI=1S/C20H26ClNO/c1-20(2)13-15-11-16(21)9-10-17(15)18(22-20)12-19(23)14-7-5-3-4-6-8-14/h9-12,14,22H,3-8,13H2,1-2H3/b18-12-. The fourth-order valence-corrected chi connectivity index (χ4v) is 4.06. The predicted octanol–water partition coefficient (Wildman–Crippen LogP) is 5.14. The molecule has 0 saturated heterocycles. The lowest BCUT2D eigenvalue weighted by molar-refractivity contribution is -0.118. The number of rotatable bonds is 2. The number of hydrogen-bond acceptors (Lipinski definition) is 2. The Morgan fingerprint density at radius 2 is 1.91 bits per heavy atom. The maximum Gasteiger partial charge on any atom is 0.160 e. The smallest absolute Gasteiger partial charge is 0.160 e. The number of fused-ring (bicyclic) bond motifs is 1. The van der Waals surface area contributed by atoms with Crippen molar-refractivity contribution in [1.29, 1.82) is 0 Å². The minimum atomic E-state index is -0.0623. The lowest BCUT2D eigenvalue weighted by Crippen LogP contribution is -2.44. The summed E-state index contributed by atoms with van der Waals surface area (Å²) in [5.74, 6) is 0.487. The quantitative estimate of drug-likeness (QED) is 0.600. The van der Waals surface area contributed by atoms with Crippen molar-refractivity contribution in [3.05, 3.63) is 40.4 Å². The van der Waals surface area contributed by atoms with Gasteiger partial charge in [0.05, 0.1) is 0 Å². The third-order valence-electron chi connectivity index (χ3n) is 5.01. The van der Waals surface area contributed by atoms with Gasteiger partial charge in [-0.2, -0.15) is 0 Å². The number of benzene rings is 1. The second-order valence-corrected chi connectivity index (χ2v) is 8.07. The molecule has 1 aliphatic heterocycles. The third-order valence-corrected chi connectivity index (χ3v) is 5.24. The van der Waals surface area contributed by atoms with Crippen LogP contribution in [0.15, 0.2) is 24.3 Å². The molecule has 0 amide bonds. The van der Waals surface area contributed by atoms with Crippen LogP contribution in [0.2, 0.25) is 5.02 Å². The molecule has 3 rings (SSSR count). The molecule has 1 fully saturated rings. The Bertz CT molecular complexity index is 625. The maximum absolute atomic E-state index is 12.8. The lowest BCUT2D eigenvalue weighted by atomic mass is 9.85. The van der Waals surface area contributed by atoms with Crippen LogP contribution in [-0.4, -0.2) is 11.3 Å². The van der Waals surface area contributed by atoms with Crippen LogP contribution in [0.25, 0.3) is 5.70 Å². The Morgan fingerprint density at radius 1 is 1.22 bits per heavy atom. The van der Waals surface area contributed by atoms with Gasteiger partial charge in [0.25, 0.3) is 0 Å². The topological polar surface area (TPSA) is 29.1 Å². The molecule has 23 heavy (non-hydrogen) atoms. The molecule has 0 unspecified atom stereocenters. The van der Waals surface area contributed by atoms with E-state index in [1.54, 1.807) is 0 Å². The van der Waals surface area contributed by atoms with E-state index in [4.69, 9.17) is 11.6 Å². The van der Waals surface area contributed by atoms with Gasteiger partial charge in [-0.1, -0.05) is 43.4 Å². The Balaban J connectivity index is 1.90. The van der Waals surface area contributed by atoms with Crippen molar-refractivity contribution >= 4 is 23.1 Å². The highest BCUT2D eigenvalue weighted by Crippen LogP contribution is 2.32. The van der Waals surface area contributed by atoms with Crippen LogP contribution in [0, 0.1) is 5.92 Å². The largest absolute Gasteiger partial charge is 0.379 e. The fourth-order valence-electron chi connectivity index (χ4n) is 3.86. The van der Waals surface area contributed by atoms with Crippen LogP contribution in [0.4, 0.5) is 0 Å². The molecule has 1 aliphatic carbocycles. The van der Waals surface area contributed by atoms with E-state index in [1.807, 2.05) is 24.3 Å². The Labute approximate surface area is 144 Å². The van der Waals surface area contributed by atoms with Gasteiger partial charge >= 0.3 is 0 Å². The van der Waals surface area contributed by atoms with E-state index in [1.165, 1.54) is 31.2 Å². The van der Waals surface area contributed by atoms with Gasteiger partial charge in [0.1, 0.15) is 0 Å². The second-order valence-electron chi connectivity index (χ2n) is 7.64. The zero-order valence-electron chi connectivity index (χ0n) is 14.1. The molecular formula is C20H26ClNO. The summed E-state index contributed by atoms with van der Waals surface area (Å²) in [4.78, 5) is 12.8. The summed E-state index contributed by atoms with van der Waals surface area (Å²) in [5.41, 5.74) is 3.24. The van der Waals surface area contributed by atoms with E-state index >= 15 is 0 Å². The van der Waals surface area contributed by atoms with E-state index < -0.39 is 0 Å².